The van der Waals surface area contributed by atoms with E-state index in [2.05, 4.69) is 10.0 Å². The average molecular weight is 413 g/mol. The van der Waals surface area contributed by atoms with Gasteiger partial charge in [0.25, 0.3) is 5.91 Å². The van der Waals surface area contributed by atoms with Crippen molar-refractivity contribution >= 4 is 21.9 Å². The SMILES string of the molecule is CCOc1ccc(S(=O)(=O)NCCC(=O)OCC(=O)NC2CCCCC2)cc1. The van der Waals surface area contributed by atoms with Crippen molar-refractivity contribution in [3.8, 4) is 5.75 Å². The van der Waals surface area contributed by atoms with E-state index in [-0.39, 0.29) is 36.4 Å². The molecule has 2 N–H and O–H groups in total. The molecular formula is C19H28N2O6S. The van der Waals surface area contributed by atoms with E-state index < -0.39 is 16.0 Å². The molecule has 0 aromatic heterocycles. The molecule has 28 heavy (non-hydrogen) atoms. The number of ether oxygens (including phenoxy) is 2. The van der Waals surface area contributed by atoms with Crippen LogP contribution in [0, 0.1) is 0 Å². The highest BCUT2D eigenvalue weighted by Crippen LogP contribution is 2.17. The number of carbonyl (C=O) groups is 2. The lowest BCUT2D eigenvalue weighted by molar-refractivity contribution is -0.148. The number of hydrogen-bond donors (Lipinski definition) is 2. The van der Waals surface area contributed by atoms with Crippen LogP contribution in [0.5, 0.6) is 5.75 Å². The maximum atomic E-state index is 12.2. The van der Waals surface area contributed by atoms with Gasteiger partial charge in [0.15, 0.2) is 6.61 Å². The molecule has 1 amide bonds. The van der Waals surface area contributed by atoms with Gasteiger partial charge in [-0.3, -0.25) is 9.59 Å². The Hall–Kier alpha value is -2.13. The van der Waals surface area contributed by atoms with Crippen LogP contribution >= 0.6 is 0 Å². The molecule has 1 aromatic carbocycles. The standard InChI is InChI=1S/C19H28N2O6S/c1-2-26-16-8-10-17(11-9-16)28(24,25)20-13-12-19(23)27-14-18(22)21-15-6-4-3-5-7-15/h8-11,15,20H,2-7,12-14H2,1H3,(H,21,22). The zero-order valence-corrected chi connectivity index (χ0v) is 16.9. The molecule has 0 unspecified atom stereocenters. The van der Waals surface area contributed by atoms with Gasteiger partial charge in [-0.15, -0.1) is 0 Å². The zero-order valence-electron chi connectivity index (χ0n) is 16.1. The monoisotopic (exact) mass is 412 g/mol. The Balaban J connectivity index is 1.68. The number of carbonyl (C=O) groups excluding carboxylic acids is 2. The van der Waals surface area contributed by atoms with Crippen LogP contribution in [0.1, 0.15) is 45.4 Å². The Morgan fingerprint density at radius 2 is 1.79 bits per heavy atom. The number of hydrogen-bond acceptors (Lipinski definition) is 6. The molecule has 8 nitrogen and oxygen atoms in total. The van der Waals surface area contributed by atoms with Crippen LogP contribution < -0.4 is 14.8 Å². The average Bonchev–Trinajstić information content (AvgIpc) is 2.68. The second-order valence-electron chi connectivity index (χ2n) is 6.62. The van der Waals surface area contributed by atoms with E-state index in [0.717, 1.165) is 25.7 Å². The van der Waals surface area contributed by atoms with Gasteiger partial charge in [0.1, 0.15) is 5.75 Å². The smallest absolute Gasteiger partial charge is 0.307 e. The largest absolute Gasteiger partial charge is 0.494 e. The van der Waals surface area contributed by atoms with Gasteiger partial charge in [-0.25, -0.2) is 13.1 Å². The van der Waals surface area contributed by atoms with Crippen LogP contribution in [0.4, 0.5) is 0 Å². The Kier molecular flexibility index (Phi) is 8.72. The predicted octanol–water partition coefficient (Wildman–Crippen LogP) is 1.75. The van der Waals surface area contributed by atoms with E-state index in [0.29, 0.717) is 12.4 Å². The molecule has 0 aliphatic heterocycles. The predicted molar refractivity (Wildman–Crippen MR) is 103 cm³/mol. The van der Waals surface area contributed by atoms with Crippen molar-refractivity contribution in [2.45, 2.75) is 56.4 Å². The van der Waals surface area contributed by atoms with E-state index in [4.69, 9.17) is 9.47 Å². The summed E-state index contributed by atoms with van der Waals surface area (Å²) in [4.78, 5) is 23.6. The van der Waals surface area contributed by atoms with Gasteiger partial charge < -0.3 is 14.8 Å². The molecule has 1 saturated carbocycles. The first-order chi connectivity index (χ1) is 13.4. The second kappa shape index (κ2) is 11.0. The summed E-state index contributed by atoms with van der Waals surface area (Å²) in [5.41, 5.74) is 0. The van der Waals surface area contributed by atoms with Crippen molar-refractivity contribution in [1.82, 2.24) is 10.0 Å². The molecule has 0 bridgehead atoms. The second-order valence-corrected chi connectivity index (χ2v) is 8.38. The third-order valence-corrected chi connectivity index (χ3v) is 5.88. The summed E-state index contributed by atoms with van der Waals surface area (Å²) in [5.74, 6) is -0.375. The number of nitrogens with one attached hydrogen (secondary N) is 2. The summed E-state index contributed by atoms with van der Waals surface area (Å²) in [6, 6.07) is 6.15. The fraction of sp³-hybridized carbons (Fsp3) is 0.579. The van der Waals surface area contributed by atoms with Gasteiger partial charge in [-0.2, -0.15) is 0 Å². The molecule has 0 spiro atoms. The summed E-state index contributed by atoms with van der Waals surface area (Å²) in [6.07, 6.45) is 5.12. The molecule has 1 aromatic rings. The van der Waals surface area contributed by atoms with Crippen molar-refractivity contribution in [1.29, 1.82) is 0 Å². The highest BCUT2D eigenvalue weighted by Gasteiger charge is 2.17. The quantitative estimate of drug-likeness (QED) is 0.567. The lowest BCUT2D eigenvalue weighted by Gasteiger charge is -2.22. The first-order valence-electron chi connectivity index (χ1n) is 9.58. The molecule has 156 valence electrons. The van der Waals surface area contributed by atoms with E-state index in [1.165, 1.54) is 18.6 Å². The molecule has 2 rings (SSSR count). The normalized spacial score (nSPS) is 15.0. The van der Waals surface area contributed by atoms with Crippen molar-refractivity contribution in [3.63, 3.8) is 0 Å². The number of benzene rings is 1. The van der Waals surface area contributed by atoms with Crippen molar-refractivity contribution in [2.24, 2.45) is 0 Å². The number of rotatable bonds is 10. The Morgan fingerprint density at radius 3 is 2.43 bits per heavy atom. The van der Waals surface area contributed by atoms with Crippen molar-refractivity contribution in [3.05, 3.63) is 24.3 Å². The maximum Gasteiger partial charge on any atom is 0.307 e. The van der Waals surface area contributed by atoms with E-state index in [9.17, 15) is 18.0 Å². The number of amides is 1. The van der Waals surface area contributed by atoms with E-state index >= 15 is 0 Å². The van der Waals surface area contributed by atoms with E-state index in [1.54, 1.807) is 12.1 Å². The lowest BCUT2D eigenvalue weighted by atomic mass is 9.95. The van der Waals surface area contributed by atoms with Gasteiger partial charge in [0.2, 0.25) is 10.0 Å². The fourth-order valence-corrected chi connectivity index (χ4v) is 4.02. The van der Waals surface area contributed by atoms with Gasteiger partial charge in [-0.05, 0) is 44.0 Å². The fourth-order valence-electron chi connectivity index (χ4n) is 2.99. The lowest BCUT2D eigenvalue weighted by Crippen LogP contribution is -2.38. The van der Waals surface area contributed by atoms with Gasteiger partial charge in [0, 0.05) is 12.6 Å². The maximum absolute atomic E-state index is 12.2. The van der Waals surface area contributed by atoms with Crippen LogP contribution in [0.2, 0.25) is 0 Å². The molecule has 1 aliphatic carbocycles. The summed E-state index contributed by atoms with van der Waals surface area (Å²) in [7, 11) is -3.73. The number of sulfonamides is 1. The van der Waals surface area contributed by atoms with Crippen LogP contribution in [-0.4, -0.2) is 46.1 Å². The molecule has 0 heterocycles. The molecule has 0 saturated heterocycles. The molecule has 0 radical (unpaired) electrons. The van der Waals surface area contributed by atoms with E-state index in [1.807, 2.05) is 6.92 Å². The summed E-state index contributed by atoms with van der Waals surface area (Å²) in [6.45, 7) is 1.87. The van der Waals surface area contributed by atoms with Crippen LogP contribution in [0.3, 0.4) is 0 Å². The first kappa shape index (κ1) is 22.2. The molecule has 1 fully saturated rings. The highest BCUT2D eigenvalue weighted by molar-refractivity contribution is 7.89. The molecule has 1 aliphatic rings. The minimum absolute atomic E-state index is 0.0798. The van der Waals surface area contributed by atoms with Gasteiger partial charge >= 0.3 is 5.97 Å². The van der Waals surface area contributed by atoms with Crippen molar-refractivity contribution < 1.29 is 27.5 Å². The van der Waals surface area contributed by atoms with Crippen LogP contribution in [0.15, 0.2) is 29.2 Å². The minimum atomic E-state index is -3.73. The van der Waals surface area contributed by atoms with Crippen LogP contribution in [-0.2, 0) is 24.3 Å². The minimum Gasteiger partial charge on any atom is -0.494 e. The zero-order chi connectivity index (χ0) is 20.4. The Labute approximate surface area is 166 Å². The molecule has 0 atom stereocenters. The first-order valence-corrected chi connectivity index (χ1v) is 11.1. The summed E-state index contributed by atoms with van der Waals surface area (Å²) >= 11 is 0. The highest BCUT2D eigenvalue weighted by atomic mass is 32.2. The summed E-state index contributed by atoms with van der Waals surface area (Å²) < 4.78 is 36.9. The molecular weight excluding hydrogens is 384 g/mol. The molecule has 9 heteroatoms. The summed E-state index contributed by atoms with van der Waals surface area (Å²) in [5, 5.41) is 2.85. The van der Waals surface area contributed by atoms with Crippen molar-refractivity contribution in [2.75, 3.05) is 19.8 Å². The third-order valence-electron chi connectivity index (χ3n) is 4.40. The number of esters is 1. The van der Waals surface area contributed by atoms with Gasteiger partial charge in [-0.1, -0.05) is 19.3 Å². The van der Waals surface area contributed by atoms with Gasteiger partial charge in [0.05, 0.1) is 17.9 Å². The van der Waals surface area contributed by atoms with Crippen LogP contribution in [0.25, 0.3) is 0 Å². The third kappa shape index (κ3) is 7.47. The topological polar surface area (TPSA) is 111 Å². The Morgan fingerprint density at radius 1 is 1.11 bits per heavy atom. The Bertz CT molecular complexity index is 742.